The lowest BCUT2D eigenvalue weighted by atomic mass is 9.44. The van der Waals surface area contributed by atoms with Gasteiger partial charge < -0.3 is 5.11 Å². The maximum absolute atomic E-state index is 13.0. The predicted octanol–water partition coefficient (Wildman–Crippen LogP) is 6.95. The Labute approximate surface area is 245 Å². The van der Waals surface area contributed by atoms with Crippen LogP contribution in [0.5, 0.6) is 0 Å². The van der Waals surface area contributed by atoms with E-state index in [1.54, 1.807) is 0 Å². The summed E-state index contributed by atoms with van der Waals surface area (Å²) >= 11 is 6.36. The van der Waals surface area contributed by atoms with E-state index in [1.165, 1.54) is 50.0 Å². The number of hydrazine groups is 1. The Morgan fingerprint density at radius 2 is 1.75 bits per heavy atom. The number of alkyl halides is 1. The molecule has 5 nitrogen and oxygen atoms in total. The Morgan fingerprint density at radius 3 is 2.50 bits per heavy atom. The van der Waals surface area contributed by atoms with E-state index in [0.717, 1.165) is 48.1 Å². The molecule has 4 aliphatic carbocycles. The monoisotopic (exact) mass is 568 g/mol. The first-order valence-corrected chi connectivity index (χ1v) is 16.5. The lowest BCUT2D eigenvalue weighted by Crippen LogP contribution is -2.63. The van der Waals surface area contributed by atoms with Gasteiger partial charge in [-0.1, -0.05) is 50.6 Å². The van der Waals surface area contributed by atoms with Gasteiger partial charge in [0.15, 0.2) is 0 Å². The first-order valence-electron chi connectivity index (χ1n) is 16.0. The number of aliphatic hydroxyl groups excluding tert-OH is 1. The third-order valence-electron chi connectivity index (χ3n) is 12.9. The highest BCUT2D eigenvalue weighted by molar-refractivity contribution is 6.33. The van der Waals surface area contributed by atoms with Crippen molar-refractivity contribution in [1.29, 1.82) is 0 Å². The summed E-state index contributed by atoms with van der Waals surface area (Å²) in [5.41, 5.74) is 5.77. The Balaban J connectivity index is 1.06. The first-order chi connectivity index (χ1) is 19.0. The number of nitrogens with one attached hydrogen (secondary N) is 1. The van der Waals surface area contributed by atoms with E-state index >= 15 is 0 Å². The van der Waals surface area contributed by atoms with Crippen molar-refractivity contribution in [2.24, 2.45) is 46.3 Å². The number of amides is 2. The molecule has 6 heteroatoms. The number of rotatable bonds is 6. The van der Waals surface area contributed by atoms with Crippen LogP contribution in [0, 0.1) is 53.3 Å². The van der Waals surface area contributed by atoms with Crippen molar-refractivity contribution in [2.75, 3.05) is 0 Å². The molecule has 40 heavy (non-hydrogen) atoms. The highest BCUT2D eigenvalue weighted by Gasteiger charge is 2.60. The molecular formula is C34H49ClN2O3. The van der Waals surface area contributed by atoms with Crippen molar-refractivity contribution in [1.82, 2.24) is 10.4 Å². The molecule has 0 spiro atoms. The van der Waals surface area contributed by atoms with Crippen LogP contribution in [0.2, 0.25) is 0 Å². The second-order valence-electron chi connectivity index (χ2n) is 14.8. The largest absolute Gasteiger partial charge is 0.393 e. The minimum absolute atomic E-state index is 0.0820. The van der Waals surface area contributed by atoms with Crippen molar-refractivity contribution in [2.45, 2.75) is 116 Å². The summed E-state index contributed by atoms with van der Waals surface area (Å²) in [6.45, 7) is 9.53. The number of hydrogen-bond donors (Lipinski definition) is 2. The van der Waals surface area contributed by atoms with E-state index in [1.807, 2.05) is 31.2 Å². The van der Waals surface area contributed by atoms with Crippen LogP contribution in [0.3, 0.4) is 0 Å². The summed E-state index contributed by atoms with van der Waals surface area (Å²) in [5.74, 6) is 3.97. The molecule has 1 saturated heterocycles. The van der Waals surface area contributed by atoms with Gasteiger partial charge in [-0.3, -0.25) is 15.0 Å². The van der Waals surface area contributed by atoms with Gasteiger partial charge in [-0.25, -0.2) is 5.01 Å². The molecule has 6 rings (SSSR count). The number of aliphatic hydroxyl groups is 1. The molecule has 0 unspecified atom stereocenters. The highest BCUT2D eigenvalue weighted by Crippen LogP contribution is 2.68. The van der Waals surface area contributed by atoms with Gasteiger partial charge in [0, 0.05) is 6.42 Å². The van der Waals surface area contributed by atoms with E-state index in [2.05, 4.69) is 26.2 Å². The molecule has 2 N–H and O–H groups in total. The van der Waals surface area contributed by atoms with Gasteiger partial charge in [-0.05, 0) is 123 Å². The molecule has 1 aliphatic heterocycles. The van der Waals surface area contributed by atoms with Gasteiger partial charge in [-0.15, -0.1) is 11.6 Å². The number of halogens is 1. The number of β-lactam (4-membered cyclic amide) rings is 1. The zero-order valence-electron chi connectivity index (χ0n) is 24.9. The van der Waals surface area contributed by atoms with E-state index in [9.17, 15) is 14.7 Å². The van der Waals surface area contributed by atoms with Crippen LogP contribution in [0.15, 0.2) is 24.3 Å². The zero-order valence-corrected chi connectivity index (χ0v) is 25.6. The van der Waals surface area contributed by atoms with Crippen molar-refractivity contribution < 1.29 is 14.7 Å². The molecule has 0 aromatic heterocycles. The fraction of sp³-hybridized carbons (Fsp3) is 0.765. The van der Waals surface area contributed by atoms with Crippen molar-refractivity contribution in [3.63, 3.8) is 0 Å². The van der Waals surface area contributed by atoms with E-state index in [0.29, 0.717) is 35.0 Å². The molecule has 2 amide bonds. The quantitative estimate of drug-likeness (QED) is 0.288. The lowest BCUT2D eigenvalue weighted by Gasteiger charge is -2.61. The van der Waals surface area contributed by atoms with Gasteiger partial charge in [-0.2, -0.15) is 0 Å². The average Bonchev–Trinajstić information content (AvgIpc) is 3.30. The third-order valence-corrected chi connectivity index (χ3v) is 13.3. The van der Waals surface area contributed by atoms with Crippen LogP contribution in [-0.2, 0) is 9.59 Å². The zero-order chi connectivity index (χ0) is 28.4. The molecule has 1 aromatic carbocycles. The van der Waals surface area contributed by atoms with Gasteiger partial charge in [0.25, 0.3) is 5.91 Å². The molecule has 1 aromatic rings. The summed E-state index contributed by atoms with van der Waals surface area (Å²) in [4.78, 5) is 25.5. The first kappa shape index (κ1) is 28.5. The Morgan fingerprint density at radius 1 is 1.05 bits per heavy atom. The van der Waals surface area contributed by atoms with E-state index in [-0.39, 0.29) is 24.0 Å². The predicted molar refractivity (Wildman–Crippen MR) is 158 cm³/mol. The van der Waals surface area contributed by atoms with Gasteiger partial charge >= 0.3 is 0 Å². The van der Waals surface area contributed by atoms with Crippen LogP contribution in [0.4, 0.5) is 0 Å². The third kappa shape index (κ3) is 4.62. The highest BCUT2D eigenvalue weighted by atomic mass is 35.5. The maximum atomic E-state index is 13.0. The molecule has 0 radical (unpaired) electrons. The van der Waals surface area contributed by atoms with Crippen LogP contribution in [0.25, 0.3) is 0 Å². The number of hydrogen-bond acceptors (Lipinski definition) is 3. The topological polar surface area (TPSA) is 69.6 Å². The summed E-state index contributed by atoms with van der Waals surface area (Å²) < 4.78 is 0. The molecule has 0 bridgehead atoms. The van der Waals surface area contributed by atoms with Gasteiger partial charge in [0.1, 0.15) is 11.4 Å². The Hall–Kier alpha value is -1.59. The summed E-state index contributed by atoms with van der Waals surface area (Å²) in [6, 6.07) is 7.68. The number of fused-ring (bicyclic) bond motifs is 5. The molecule has 1 heterocycles. The molecule has 220 valence electrons. The Kier molecular flexibility index (Phi) is 7.56. The number of aryl methyl sites for hydroxylation is 1. The smallest absolute Gasteiger partial charge is 0.262 e. The summed E-state index contributed by atoms with van der Waals surface area (Å²) in [5, 5.41) is 11.1. The fourth-order valence-electron chi connectivity index (χ4n) is 10.6. The van der Waals surface area contributed by atoms with Crippen LogP contribution in [0.1, 0.15) is 109 Å². The standard InChI is InChI=1S/C34H49ClN2O3/c1-20-5-8-22(9-6-20)31-30(35)32(40)37(31)36-29(39)14-7-21(2)26-12-13-27-25-11-10-23-19-24(38)15-17-33(23,3)28(25)16-18-34(26,27)4/h5-6,8-9,21,23-28,30-31,38H,7,10-19H2,1-4H3,(H,36,39)/t21-,23-,24-,25+,26-,27+,28+,30-,31-,33+,34-/m1/s1. The van der Waals surface area contributed by atoms with Gasteiger partial charge in [0.05, 0.1) is 6.10 Å². The van der Waals surface area contributed by atoms with E-state index < -0.39 is 5.38 Å². The van der Waals surface area contributed by atoms with Crippen LogP contribution < -0.4 is 5.43 Å². The van der Waals surface area contributed by atoms with Crippen molar-refractivity contribution in [3.05, 3.63) is 35.4 Å². The minimum Gasteiger partial charge on any atom is -0.393 e. The number of carbonyl (C=O) groups is 2. The second-order valence-corrected chi connectivity index (χ2v) is 15.3. The molecular weight excluding hydrogens is 520 g/mol. The number of carbonyl (C=O) groups excluding carboxylic acids is 2. The number of nitrogens with zero attached hydrogens (tertiary/aromatic N) is 1. The fourth-order valence-corrected chi connectivity index (χ4v) is 11.0. The number of benzene rings is 1. The molecule has 4 saturated carbocycles. The molecule has 5 fully saturated rings. The summed E-state index contributed by atoms with van der Waals surface area (Å²) in [6.07, 6.45) is 12.3. The van der Waals surface area contributed by atoms with Crippen molar-refractivity contribution >= 4 is 23.4 Å². The maximum Gasteiger partial charge on any atom is 0.262 e. The van der Waals surface area contributed by atoms with Crippen LogP contribution >= 0.6 is 11.6 Å². The lowest BCUT2D eigenvalue weighted by molar-refractivity contribution is -0.156. The normalized spacial score (nSPS) is 43.2. The molecule has 11 atom stereocenters. The summed E-state index contributed by atoms with van der Waals surface area (Å²) in [7, 11) is 0. The van der Waals surface area contributed by atoms with E-state index in [4.69, 9.17) is 11.6 Å². The average molecular weight is 569 g/mol. The minimum atomic E-state index is -0.636. The SMILES string of the molecule is Cc1ccc([C@@H]2[C@@H](Cl)C(=O)N2NC(=O)CC[C@@H](C)[C@H]2CC[C@H]3[C@@H]4CC[C@@H]5C[C@H](O)CC[C@]5(C)[C@H]4CC[C@]23C)cc1. The van der Waals surface area contributed by atoms with Crippen LogP contribution in [-0.4, -0.2) is 33.4 Å². The van der Waals surface area contributed by atoms with Gasteiger partial charge in [0.2, 0.25) is 5.91 Å². The Bertz CT molecular complexity index is 1120. The molecule has 5 aliphatic rings. The second kappa shape index (κ2) is 10.6. The van der Waals surface area contributed by atoms with Crippen molar-refractivity contribution in [3.8, 4) is 0 Å².